The molecule has 0 aromatic heterocycles. The minimum absolute atomic E-state index is 0.0199. The van der Waals surface area contributed by atoms with E-state index in [9.17, 15) is 4.79 Å². The third-order valence-electron chi connectivity index (χ3n) is 3.67. The van der Waals surface area contributed by atoms with Gasteiger partial charge >= 0.3 is 0 Å². The Labute approximate surface area is 115 Å². The van der Waals surface area contributed by atoms with E-state index in [4.69, 9.17) is 0 Å². The van der Waals surface area contributed by atoms with Crippen molar-refractivity contribution in [2.45, 2.75) is 51.5 Å². The van der Waals surface area contributed by atoms with Crippen molar-refractivity contribution in [3.05, 3.63) is 29.8 Å². The van der Waals surface area contributed by atoms with Crippen molar-refractivity contribution >= 4 is 11.6 Å². The molecule has 0 spiro atoms. The summed E-state index contributed by atoms with van der Waals surface area (Å²) < 4.78 is 0. The summed E-state index contributed by atoms with van der Waals surface area (Å²) in [4.78, 5) is 12.1. The Kier molecular flexibility index (Phi) is 5.40. The summed E-state index contributed by atoms with van der Waals surface area (Å²) >= 11 is 0. The third-order valence-corrected chi connectivity index (χ3v) is 3.67. The van der Waals surface area contributed by atoms with Crippen LogP contribution in [0.2, 0.25) is 0 Å². The van der Waals surface area contributed by atoms with E-state index < -0.39 is 0 Å². The summed E-state index contributed by atoms with van der Waals surface area (Å²) in [5, 5.41) is 6.26. The lowest BCUT2D eigenvalue weighted by molar-refractivity contribution is -0.118. The predicted molar refractivity (Wildman–Crippen MR) is 79.3 cm³/mol. The van der Waals surface area contributed by atoms with Crippen LogP contribution < -0.4 is 10.6 Å². The highest BCUT2D eigenvalue weighted by molar-refractivity contribution is 5.94. The monoisotopic (exact) mass is 260 g/mol. The Morgan fingerprint density at radius 2 is 2.11 bits per heavy atom. The van der Waals surface area contributed by atoms with Gasteiger partial charge in [0.2, 0.25) is 5.91 Å². The highest BCUT2D eigenvalue weighted by Crippen LogP contribution is 2.14. The largest absolute Gasteiger partial charge is 0.325 e. The number of benzene rings is 1. The lowest BCUT2D eigenvalue weighted by Crippen LogP contribution is -2.43. The van der Waals surface area contributed by atoms with Crippen LogP contribution in [0.15, 0.2) is 24.3 Å². The van der Waals surface area contributed by atoms with Crippen molar-refractivity contribution < 1.29 is 4.79 Å². The van der Waals surface area contributed by atoms with E-state index in [1.807, 2.05) is 12.1 Å². The quantitative estimate of drug-likeness (QED) is 0.854. The standard InChI is InChI=1S/C16H24N2O/c1-2-3-6-13-8-10-14(11-9-13)18-16(19)15-7-4-5-12-17-15/h8-11,15,17H,2-7,12H2,1H3,(H,18,19)/t15-/m1/s1. The zero-order valence-corrected chi connectivity index (χ0v) is 11.7. The molecule has 1 heterocycles. The van der Waals surface area contributed by atoms with Crippen LogP contribution in [0.5, 0.6) is 0 Å². The zero-order valence-electron chi connectivity index (χ0n) is 11.7. The number of piperidine rings is 1. The van der Waals surface area contributed by atoms with Crippen molar-refractivity contribution in [2.24, 2.45) is 0 Å². The molecular weight excluding hydrogens is 236 g/mol. The molecule has 0 saturated carbocycles. The van der Waals surface area contributed by atoms with E-state index in [1.54, 1.807) is 0 Å². The lowest BCUT2D eigenvalue weighted by Gasteiger charge is -2.22. The first-order valence-electron chi connectivity index (χ1n) is 7.43. The topological polar surface area (TPSA) is 41.1 Å². The second-order valence-electron chi connectivity index (χ2n) is 5.29. The van der Waals surface area contributed by atoms with Gasteiger partial charge in [-0.2, -0.15) is 0 Å². The van der Waals surface area contributed by atoms with Gasteiger partial charge in [0.05, 0.1) is 6.04 Å². The Hall–Kier alpha value is -1.35. The summed E-state index contributed by atoms with van der Waals surface area (Å²) in [5.41, 5.74) is 2.24. The molecule has 1 aliphatic rings. The fraction of sp³-hybridized carbons (Fsp3) is 0.562. The molecule has 0 unspecified atom stereocenters. The minimum Gasteiger partial charge on any atom is -0.325 e. The molecule has 1 aromatic rings. The number of carbonyl (C=O) groups is 1. The Morgan fingerprint density at radius 3 is 2.74 bits per heavy atom. The van der Waals surface area contributed by atoms with Gasteiger partial charge in [-0.25, -0.2) is 0 Å². The first-order chi connectivity index (χ1) is 9.29. The first kappa shape index (κ1) is 14.1. The van der Waals surface area contributed by atoms with E-state index in [-0.39, 0.29) is 11.9 Å². The molecule has 104 valence electrons. The van der Waals surface area contributed by atoms with Crippen LogP contribution in [-0.4, -0.2) is 18.5 Å². The lowest BCUT2D eigenvalue weighted by atomic mass is 10.0. The van der Waals surface area contributed by atoms with Crippen LogP contribution in [-0.2, 0) is 11.2 Å². The molecule has 19 heavy (non-hydrogen) atoms. The SMILES string of the molecule is CCCCc1ccc(NC(=O)[C@H]2CCCCN2)cc1. The molecule has 0 aliphatic carbocycles. The maximum Gasteiger partial charge on any atom is 0.241 e. The number of nitrogens with one attached hydrogen (secondary N) is 2. The average Bonchev–Trinajstić information content (AvgIpc) is 2.47. The molecule has 3 heteroatoms. The number of hydrogen-bond donors (Lipinski definition) is 2. The number of anilines is 1. The molecule has 3 nitrogen and oxygen atoms in total. The number of amides is 1. The maximum absolute atomic E-state index is 12.1. The number of aryl methyl sites for hydroxylation is 1. The van der Waals surface area contributed by atoms with Crippen LogP contribution in [0.4, 0.5) is 5.69 Å². The van der Waals surface area contributed by atoms with Crippen LogP contribution in [0.25, 0.3) is 0 Å². The molecule has 1 atom stereocenters. The molecular formula is C16H24N2O. The smallest absolute Gasteiger partial charge is 0.241 e. The van der Waals surface area contributed by atoms with Crippen molar-refractivity contribution in [3.63, 3.8) is 0 Å². The average molecular weight is 260 g/mol. The molecule has 2 rings (SSSR count). The van der Waals surface area contributed by atoms with Crippen molar-refractivity contribution in [2.75, 3.05) is 11.9 Å². The summed E-state index contributed by atoms with van der Waals surface area (Å²) in [6.45, 7) is 3.15. The summed E-state index contributed by atoms with van der Waals surface area (Å²) in [6, 6.07) is 8.21. The Bertz CT molecular complexity index is 394. The van der Waals surface area contributed by atoms with Gasteiger partial charge in [0, 0.05) is 5.69 Å². The fourth-order valence-corrected chi connectivity index (χ4v) is 2.44. The molecule has 1 aliphatic heterocycles. The normalized spacial score (nSPS) is 19.1. The Balaban J connectivity index is 1.86. The molecule has 0 radical (unpaired) electrons. The van der Waals surface area contributed by atoms with Crippen LogP contribution in [0.1, 0.15) is 44.6 Å². The van der Waals surface area contributed by atoms with Crippen molar-refractivity contribution in [3.8, 4) is 0 Å². The summed E-state index contributed by atoms with van der Waals surface area (Å²) in [6.07, 6.45) is 6.82. The van der Waals surface area contributed by atoms with Gasteiger partial charge in [-0.1, -0.05) is 31.9 Å². The number of unbranched alkanes of at least 4 members (excludes halogenated alkanes) is 1. The number of hydrogen-bond acceptors (Lipinski definition) is 2. The minimum atomic E-state index is -0.0199. The van der Waals surface area contributed by atoms with Crippen molar-refractivity contribution in [1.29, 1.82) is 0 Å². The van der Waals surface area contributed by atoms with Crippen LogP contribution >= 0.6 is 0 Å². The second-order valence-corrected chi connectivity index (χ2v) is 5.29. The summed E-state index contributed by atoms with van der Waals surface area (Å²) in [5.74, 6) is 0.0982. The van der Waals surface area contributed by atoms with Gasteiger partial charge in [0.15, 0.2) is 0 Å². The Morgan fingerprint density at radius 1 is 1.32 bits per heavy atom. The maximum atomic E-state index is 12.1. The van der Waals surface area contributed by atoms with E-state index in [1.165, 1.54) is 24.8 Å². The second kappa shape index (κ2) is 7.29. The van der Waals surface area contributed by atoms with Crippen molar-refractivity contribution in [1.82, 2.24) is 5.32 Å². The van der Waals surface area contributed by atoms with Gasteiger partial charge in [-0.05, 0) is 49.9 Å². The number of rotatable bonds is 5. The molecule has 1 saturated heterocycles. The van der Waals surface area contributed by atoms with Gasteiger partial charge in [-0.15, -0.1) is 0 Å². The predicted octanol–water partition coefficient (Wildman–Crippen LogP) is 3.11. The number of carbonyl (C=O) groups excluding carboxylic acids is 1. The molecule has 1 fully saturated rings. The zero-order chi connectivity index (χ0) is 13.5. The first-order valence-corrected chi connectivity index (χ1v) is 7.43. The van der Waals surface area contributed by atoms with Gasteiger partial charge in [0.1, 0.15) is 0 Å². The van der Waals surface area contributed by atoms with Crippen LogP contribution in [0.3, 0.4) is 0 Å². The van der Waals surface area contributed by atoms with E-state index in [0.29, 0.717) is 0 Å². The summed E-state index contributed by atoms with van der Waals surface area (Å²) in [7, 11) is 0. The molecule has 1 amide bonds. The third kappa shape index (κ3) is 4.35. The molecule has 0 bridgehead atoms. The van der Waals surface area contributed by atoms with Crippen LogP contribution in [0, 0.1) is 0 Å². The van der Waals surface area contributed by atoms with E-state index in [2.05, 4.69) is 29.7 Å². The fourth-order valence-electron chi connectivity index (χ4n) is 2.44. The molecule has 2 N–H and O–H groups in total. The highest BCUT2D eigenvalue weighted by Gasteiger charge is 2.20. The van der Waals surface area contributed by atoms with Gasteiger partial charge < -0.3 is 10.6 Å². The molecule has 1 aromatic carbocycles. The van der Waals surface area contributed by atoms with Gasteiger partial charge in [-0.3, -0.25) is 4.79 Å². The van der Waals surface area contributed by atoms with E-state index >= 15 is 0 Å². The van der Waals surface area contributed by atoms with Gasteiger partial charge in [0.25, 0.3) is 0 Å². The van der Waals surface area contributed by atoms with E-state index in [0.717, 1.165) is 31.5 Å². The highest BCUT2D eigenvalue weighted by atomic mass is 16.2.